The molecule has 0 radical (unpaired) electrons. The number of amides is 2. The van der Waals surface area contributed by atoms with Crippen molar-refractivity contribution in [1.82, 2.24) is 20.3 Å². The summed E-state index contributed by atoms with van der Waals surface area (Å²) in [4.78, 5) is 25.7. The van der Waals surface area contributed by atoms with Crippen LogP contribution >= 0.6 is 0 Å². The number of aromatic nitrogens is 3. The van der Waals surface area contributed by atoms with Gasteiger partial charge in [-0.05, 0) is 53.1 Å². The average Bonchev–Trinajstić information content (AvgIpc) is 3.26. The maximum Gasteiger partial charge on any atom is 0.273 e. The summed E-state index contributed by atoms with van der Waals surface area (Å²) in [5.41, 5.74) is 2.64. The predicted octanol–water partition coefficient (Wildman–Crippen LogP) is 4.30. The van der Waals surface area contributed by atoms with Crippen molar-refractivity contribution in [1.29, 1.82) is 0 Å². The molecule has 3 aromatic rings. The van der Waals surface area contributed by atoms with E-state index < -0.39 is 15.7 Å². The van der Waals surface area contributed by atoms with Crippen LogP contribution in [0.3, 0.4) is 0 Å². The number of carbonyl (C=O) groups is 2. The van der Waals surface area contributed by atoms with Gasteiger partial charge in [-0.15, -0.1) is 5.10 Å². The van der Waals surface area contributed by atoms with Gasteiger partial charge in [0.1, 0.15) is 0 Å². The fraction of sp³-hybridized carbons (Fsp3) is 0.407. The van der Waals surface area contributed by atoms with E-state index in [1.807, 2.05) is 48.5 Å². The summed E-state index contributed by atoms with van der Waals surface area (Å²) in [7, 11) is -3.58. The first kappa shape index (κ1) is 28.0. The van der Waals surface area contributed by atoms with Crippen LogP contribution < -0.4 is 10.6 Å². The summed E-state index contributed by atoms with van der Waals surface area (Å²) in [6, 6.07) is 10.0. The Balaban J connectivity index is 1.91. The zero-order valence-corrected chi connectivity index (χ0v) is 23.4. The van der Waals surface area contributed by atoms with Crippen LogP contribution in [0.2, 0.25) is 0 Å². The van der Waals surface area contributed by atoms with Crippen molar-refractivity contribution in [3.8, 4) is 5.69 Å². The van der Waals surface area contributed by atoms with Gasteiger partial charge >= 0.3 is 0 Å². The summed E-state index contributed by atoms with van der Waals surface area (Å²) in [6.45, 7) is 14.4. The van der Waals surface area contributed by atoms with Crippen molar-refractivity contribution in [3.63, 3.8) is 0 Å². The van der Waals surface area contributed by atoms with Crippen molar-refractivity contribution in [2.45, 2.75) is 58.8 Å². The van der Waals surface area contributed by atoms with Gasteiger partial charge in [0.25, 0.3) is 11.8 Å². The van der Waals surface area contributed by atoms with Gasteiger partial charge in [-0.3, -0.25) is 9.59 Å². The third-order valence-corrected chi connectivity index (χ3v) is 6.87. The fourth-order valence-electron chi connectivity index (χ4n) is 3.53. The third kappa shape index (κ3) is 7.03. The molecule has 0 spiro atoms. The van der Waals surface area contributed by atoms with Crippen LogP contribution in [0.1, 0.15) is 73.5 Å². The van der Waals surface area contributed by atoms with Crippen molar-refractivity contribution < 1.29 is 18.0 Å². The number of benzene rings is 2. The van der Waals surface area contributed by atoms with Crippen molar-refractivity contribution in [3.05, 3.63) is 65.0 Å². The van der Waals surface area contributed by atoms with E-state index >= 15 is 0 Å². The molecule has 2 N–H and O–H groups in total. The second-order valence-corrected chi connectivity index (χ2v) is 13.5. The van der Waals surface area contributed by atoms with E-state index in [0.717, 1.165) is 17.4 Å². The summed E-state index contributed by atoms with van der Waals surface area (Å²) < 4.78 is 26.2. The lowest BCUT2D eigenvalue weighted by atomic mass is 9.87. The van der Waals surface area contributed by atoms with Crippen molar-refractivity contribution >= 4 is 27.3 Å². The van der Waals surface area contributed by atoms with E-state index in [-0.39, 0.29) is 33.0 Å². The minimum absolute atomic E-state index is 0.0448. The van der Waals surface area contributed by atoms with Gasteiger partial charge in [0.15, 0.2) is 15.5 Å². The Bertz CT molecular complexity index is 1440. The largest absolute Gasteiger partial charge is 0.350 e. The number of carbonyl (C=O) groups excluding carboxylic acids is 2. The number of rotatable bonds is 6. The normalized spacial score (nSPS) is 12.3. The molecule has 3 rings (SSSR count). The van der Waals surface area contributed by atoms with Gasteiger partial charge in [-0.25, -0.2) is 13.1 Å². The number of nitrogens with one attached hydrogen (secondary N) is 2. The summed E-state index contributed by atoms with van der Waals surface area (Å²) in [6.07, 6.45) is 2.62. The van der Waals surface area contributed by atoms with Crippen LogP contribution in [0.15, 0.2) is 47.5 Å². The van der Waals surface area contributed by atoms with E-state index in [0.29, 0.717) is 17.8 Å². The van der Waals surface area contributed by atoms with E-state index in [1.54, 1.807) is 30.3 Å². The molecule has 0 aliphatic heterocycles. The van der Waals surface area contributed by atoms with E-state index in [9.17, 15) is 18.0 Å². The smallest absolute Gasteiger partial charge is 0.273 e. The van der Waals surface area contributed by atoms with Gasteiger partial charge in [-0.2, -0.15) is 0 Å². The molecule has 1 aromatic heterocycles. The van der Waals surface area contributed by atoms with Gasteiger partial charge in [0, 0.05) is 18.4 Å². The lowest BCUT2D eigenvalue weighted by Gasteiger charge is -2.21. The first-order chi connectivity index (χ1) is 17.0. The average molecular weight is 526 g/mol. The number of nitrogens with zero attached hydrogens (tertiary/aromatic N) is 3. The molecule has 2 amide bonds. The maximum atomic E-state index is 13.2. The number of anilines is 1. The zero-order valence-electron chi connectivity index (χ0n) is 22.6. The molecule has 9 nitrogen and oxygen atoms in total. The summed E-state index contributed by atoms with van der Waals surface area (Å²) >= 11 is 0. The molecule has 0 fully saturated rings. The van der Waals surface area contributed by atoms with Crippen molar-refractivity contribution in [2.24, 2.45) is 5.41 Å². The number of hydrogen-bond acceptors (Lipinski definition) is 6. The quantitative estimate of drug-likeness (QED) is 0.495. The molecule has 198 valence electrons. The Morgan fingerprint density at radius 3 is 2.24 bits per heavy atom. The second kappa shape index (κ2) is 10.1. The molecule has 37 heavy (non-hydrogen) atoms. The number of aryl methyl sites for hydroxylation is 1. The standard InChI is InChI=1S/C27H35N5O4S/c1-17-9-10-18(13-22(17)32-15-21(30-31-32)25(34)28-16-26(2,3)4)24(33)29-20-14-19(27(5,6)7)11-12-23(20)37(8,35)36/h9-15H,16H2,1-8H3,(H,28,34)(H,29,33). The molecule has 0 bridgehead atoms. The van der Waals surface area contributed by atoms with Crippen molar-refractivity contribution in [2.75, 3.05) is 18.1 Å². The lowest BCUT2D eigenvalue weighted by Crippen LogP contribution is -2.32. The molecule has 0 aliphatic carbocycles. The molecule has 0 saturated heterocycles. The highest BCUT2D eigenvalue weighted by Crippen LogP contribution is 2.30. The number of sulfone groups is 1. The maximum absolute atomic E-state index is 13.2. The Morgan fingerprint density at radius 1 is 0.973 bits per heavy atom. The van der Waals surface area contributed by atoms with Gasteiger partial charge in [-0.1, -0.05) is 58.9 Å². The minimum Gasteiger partial charge on any atom is -0.350 e. The second-order valence-electron chi connectivity index (χ2n) is 11.5. The number of hydrogen-bond donors (Lipinski definition) is 2. The Hall–Kier alpha value is -3.53. The highest BCUT2D eigenvalue weighted by Gasteiger charge is 2.22. The first-order valence-corrected chi connectivity index (χ1v) is 13.8. The van der Waals surface area contributed by atoms with Crippen LogP contribution in [0.25, 0.3) is 5.69 Å². The molecular formula is C27H35N5O4S. The Kier molecular flexibility index (Phi) is 7.64. The SMILES string of the molecule is Cc1ccc(C(=O)Nc2cc(C(C)(C)C)ccc2S(C)(=O)=O)cc1-n1cc(C(=O)NCC(C)(C)C)nn1. The Morgan fingerprint density at radius 2 is 1.65 bits per heavy atom. The third-order valence-electron chi connectivity index (χ3n) is 5.72. The first-order valence-electron chi connectivity index (χ1n) is 11.9. The molecule has 2 aromatic carbocycles. The highest BCUT2D eigenvalue weighted by molar-refractivity contribution is 7.90. The molecule has 10 heteroatoms. The highest BCUT2D eigenvalue weighted by atomic mass is 32.2. The molecule has 0 aliphatic rings. The van der Waals surface area contributed by atoms with E-state index in [2.05, 4.69) is 20.9 Å². The Labute approximate surface area is 218 Å². The van der Waals surface area contributed by atoms with Crippen LogP contribution in [-0.4, -0.2) is 48.0 Å². The fourth-order valence-corrected chi connectivity index (χ4v) is 4.36. The molecule has 1 heterocycles. The minimum atomic E-state index is -3.58. The van der Waals surface area contributed by atoms with Gasteiger partial charge in [0.2, 0.25) is 0 Å². The topological polar surface area (TPSA) is 123 Å². The molecule has 0 unspecified atom stereocenters. The van der Waals surface area contributed by atoms with Crippen LogP contribution in [-0.2, 0) is 15.3 Å². The molecular weight excluding hydrogens is 490 g/mol. The molecule has 0 atom stereocenters. The zero-order chi connectivity index (χ0) is 27.8. The van der Waals surface area contributed by atoms with Gasteiger partial charge in [0.05, 0.1) is 22.5 Å². The predicted molar refractivity (Wildman–Crippen MR) is 144 cm³/mol. The van der Waals surface area contributed by atoms with Crippen LogP contribution in [0.4, 0.5) is 5.69 Å². The summed E-state index contributed by atoms with van der Waals surface area (Å²) in [5.74, 6) is -0.805. The summed E-state index contributed by atoms with van der Waals surface area (Å²) in [5, 5.41) is 13.7. The van der Waals surface area contributed by atoms with Crippen LogP contribution in [0, 0.1) is 12.3 Å². The van der Waals surface area contributed by atoms with E-state index in [4.69, 9.17) is 0 Å². The molecule has 0 saturated carbocycles. The lowest BCUT2D eigenvalue weighted by molar-refractivity contribution is 0.0933. The van der Waals surface area contributed by atoms with E-state index in [1.165, 1.54) is 16.9 Å². The monoisotopic (exact) mass is 525 g/mol. The van der Waals surface area contributed by atoms with Gasteiger partial charge < -0.3 is 10.6 Å². The van der Waals surface area contributed by atoms with Crippen LogP contribution in [0.5, 0.6) is 0 Å².